The van der Waals surface area contributed by atoms with Crippen molar-refractivity contribution in [2.24, 2.45) is 0 Å². The molecule has 1 fully saturated rings. The zero-order valence-electron chi connectivity index (χ0n) is 10.9. The van der Waals surface area contributed by atoms with Gasteiger partial charge in [-0.2, -0.15) is 0 Å². The van der Waals surface area contributed by atoms with Crippen molar-refractivity contribution in [3.05, 3.63) is 29.6 Å². The van der Waals surface area contributed by atoms with Crippen molar-refractivity contribution < 1.29 is 0 Å². The van der Waals surface area contributed by atoms with E-state index in [1.165, 1.54) is 32.1 Å². The van der Waals surface area contributed by atoms with E-state index in [1.54, 1.807) is 0 Å². The molecule has 2 nitrogen and oxygen atoms in total. The largest absolute Gasteiger partial charge is 0.304 e. The van der Waals surface area contributed by atoms with Crippen LogP contribution in [0.25, 0.3) is 0 Å². The van der Waals surface area contributed by atoms with Crippen LogP contribution in [0.1, 0.15) is 43.5 Å². The molecule has 0 bridgehead atoms. The molecule has 0 unspecified atom stereocenters. The number of rotatable bonds is 2. The first-order valence-corrected chi connectivity index (χ1v) is 6.26. The summed E-state index contributed by atoms with van der Waals surface area (Å²) in [7, 11) is 4.09. The van der Waals surface area contributed by atoms with Crippen molar-refractivity contribution in [1.82, 2.24) is 9.88 Å². The van der Waals surface area contributed by atoms with Crippen LogP contribution in [0.15, 0.2) is 18.2 Å². The topological polar surface area (TPSA) is 16.1 Å². The molecule has 1 aromatic rings. The van der Waals surface area contributed by atoms with Gasteiger partial charge in [0.1, 0.15) is 0 Å². The molecular weight excluding hydrogens is 196 g/mol. The summed E-state index contributed by atoms with van der Waals surface area (Å²) < 4.78 is 0. The molecule has 1 aliphatic carbocycles. The SMILES string of the molecule is C1CCCC1.Cc1cccc(CN(C)C)n1. The average Bonchev–Trinajstić information content (AvgIpc) is 2.73. The second-order valence-electron chi connectivity index (χ2n) is 4.78. The third-order valence-electron chi connectivity index (χ3n) is 2.67. The summed E-state index contributed by atoms with van der Waals surface area (Å²) in [5, 5.41) is 0. The Bertz CT molecular complexity index is 283. The Morgan fingerprint density at radius 1 is 1.06 bits per heavy atom. The van der Waals surface area contributed by atoms with Crippen LogP contribution in [-0.4, -0.2) is 24.0 Å². The van der Waals surface area contributed by atoms with E-state index >= 15 is 0 Å². The smallest absolute Gasteiger partial charge is 0.0546 e. The van der Waals surface area contributed by atoms with Crippen LogP contribution in [0.3, 0.4) is 0 Å². The fraction of sp³-hybridized carbons (Fsp3) is 0.643. The lowest BCUT2D eigenvalue weighted by Crippen LogP contribution is -2.11. The third kappa shape index (κ3) is 5.86. The summed E-state index contributed by atoms with van der Waals surface area (Å²) in [6.45, 7) is 2.93. The highest BCUT2D eigenvalue weighted by Gasteiger charge is 1.95. The van der Waals surface area contributed by atoms with Gasteiger partial charge in [-0.1, -0.05) is 38.2 Å². The molecule has 1 saturated carbocycles. The van der Waals surface area contributed by atoms with E-state index in [4.69, 9.17) is 0 Å². The molecule has 0 amide bonds. The van der Waals surface area contributed by atoms with E-state index in [9.17, 15) is 0 Å². The van der Waals surface area contributed by atoms with Gasteiger partial charge >= 0.3 is 0 Å². The highest BCUT2D eigenvalue weighted by Crippen LogP contribution is 2.15. The summed E-state index contributed by atoms with van der Waals surface area (Å²) in [6.07, 6.45) is 7.50. The van der Waals surface area contributed by atoms with Crippen LogP contribution < -0.4 is 0 Å². The average molecular weight is 220 g/mol. The predicted molar refractivity (Wildman–Crippen MR) is 69.5 cm³/mol. The summed E-state index contributed by atoms with van der Waals surface area (Å²) >= 11 is 0. The van der Waals surface area contributed by atoms with Crippen molar-refractivity contribution in [3.63, 3.8) is 0 Å². The van der Waals surface area contributed by atoms with Crippen LogP contribution in [0.2, 0.25) is 0 Å². The van der Waals surface area contributed by atoms with Gasteiger partial charge in [-0.3, -0.25) is 4.98 Å². The lowest BCUT2D eigenvalue weighted by molar-refractivity contribution is 0.396. The molecule has 0 aromatic carbocycles. The van der Waals surface area contributed by atoms with Crippen molar-refractivity contribution in [2.75, 3.05) is 14.1 Å². The van der Waals surface area contributed by atoms with Gasteiger partial charge in [0.25, 0.3) is 0 Å². The lowest BCUT2D eigenvalue weighted by atomic mass is 10.3. The van der Waals surface area contributed by atoms with Crippen LogP contribution in [0.5, 0.6) is 0 Å². The summed E-state index contributed by atoms with van der Waals surface area (Å²) in [5.41, 5.74) is 2.22. The minimum absolute atomic E-state index is 0.918. The first kappa shape index (κ1) is 13.2. The molecule has 1 heterocycles. The summed E-state index contributed by atoms with van der Waals surface area (Å²) in [5.74, 6) is 0. The van der Waals surface area contributed by atoms with Crippen LogP contribution in [-0.2, 0) is 6.54 Å². The highest BCUT2D eigenvalue weighted by atomic mass is 15.1. The Morgan fingerprint density at radius 3 is 2.06 bits per heavy atom. The Labute approximate surface area is 99.7 Å². The monoisotopic (exact) mass is 220 g/mol. The van der Waals surface area contributed by atoms with Gasteiger partial charge in [0, 0.05) is 12.2 Å². The van der Waals surface area contributed by atoms with Crippen molar-refractivity contribution in [3.8, 4) is 0 Å². The number of hydrogen-bond acceptors (Lipinski definition) is 2. The molecule has 2 rings (SSSR count). The lowest BCUT2D eigenvalue weighted by Gasteiger charge is -2.08. The fourth-order valence-electron chi connectivity index (χ4n) is 1.90. The molecule has 0 radical (unpaired) electrons. The zero-order valence-corrected chi connectivity index (χ0v) is 10.9. The Hall–Kier alpha value is -0.890. The van der Waals surface area contributed by atoms with Gasteiger partial charge < -0.3 is 4.90 Å². The maximum absolute atomic E-state index is 4.37. The second kappa shape index (κ2) is 7.39. The molecule has 2 heteroatoms. The second-order valence-corrected chi connectivity index (χ2v) is 4.78. The summed E-state index contributed by atoms with van der Waals surface area (Å²) in [4.78, 5) is 6.48. The maximum Gasteiger partial charge on any atom is 0.0546 e. The maximum atomic E-state index is 4.37. The number of hydrogen-bond donors (Lipinski definition) is 0. The van der Waals surface area contributed by atoms with Crippen LogP contribution in [0.4, 0.5) is 0 Å². The minimum atomic E-state index is 0.918. The number of pyridine rings is 1. The molecule has 0 N–H and O–H groups in total. The quantitative estimate of drug-likeness (QED) is 0.759. The Morgan fingerprint density at radius 2 is 1.62 bits per heavy atom. The summed E-state index contributed by atoms with van der Waals surface area (Å²) in [6, 6.07) is 6.10. The van der Waals surface area contributed by atoms with Gasteiger partial charge in [0.15, 0.2) is 0 Å². The van der Waals surface area contributed by atoms with E-state index in [0.717, 1.165) is 17.9 Å². The molecule has 16 heavy (non-hydrogen) atoms. The van der Waals surface area contributed by atoms with Crippen molar-refractivity contribution in [2.45, 2.75) is 45.6 Å². The normalized spacial score (nSPS) is 14.8. The number of aromatic nitrogens is 1. The van der Waals surface area contributed by atoms with Gasteiger partial charge in [0.2, 0.25) is 0 Å². The molecular formula is C14H24N2. The van der Waals surface area contributed by atoms with E-state index < -0.39 is 0 Å². The predicted octanol–water partition coefficient (Wildman–Crippen LogP) is 3.40. The Kier molecular flexibility index (Phi) is 6.09. The van der Waals surface area contributed by atoms with Crippen molar-refractivity contribution >= 4 is 0 Å². The molecule has 0 saturated heterocycles. The molecule has 1 aliphatic rings. The highest BCUT2D eigenvalue weighted by molar-refractivity contribution is 5.09. The number of nitrogens with zero attached hydrogens (tertiary/aromatic N) is 2. The Balaban J connectivity index is 0.000000212. The number of aryl methyl sites for hydroxylation is 1. The molecule has 0 spiro atoms. The standard InChI is InChI=1S/C9H14N2.C5H10/c1-8-5-4-6-9(10-8)7-11(2)3;1-2-4-5-3-1/h4-6H,7H2,1-3H3;1-5H2. The molecule has 0 atom stereocenters. The van der Waals surface area contributed by atoms with Gasteiger partial charge in [0.05, 0.1) is 5.69 Å². The van der Waals surface area contributed by atoms with E-state index in [1.807, 2.05) is 39.2 Å². The zero-order chi connectivity index (χ0) is 11.8. The van der Waals surface area contributed by atoms with Crippen LogP contribution >= 0.6 is 0 Å². The van der Waals surface area contributed by atoms with Crippen LogP contribution in [0, 0.1) is 6.92 Å². The molecule has 1 aromatic heterocycles. The van der Waals surface area contributed by atoms with Gasteiger partial charge in [-0.15, -0.1) is 0 Å². The van der Waals surface area contributed by atoms with Crippen molar-refractivity contribution in [1.29, 1.82) is 0 Å². The van der Waals surface area contributed by atoms with Gasteiger partial charge in [-0.05, 0) is 33.2 Å². The molecule has 0 aliphatic heterocycles. The van der Waals surface area contributed by atoms with E-state index in [0.29, 0.717) is 0 Å². The molecule has 90 valence electrons. The first-order valence-electron chi connectivity index (χ1n) is 6.26. The van der Waals surface area contributed by atoms with Gasteiger partial charge in [-0.25, -0.2) is 0 Å². The third-order valence-corrected chi connectivity index (χ3v) is 2.67. The fourth-order valence-corrected chi connectivity index (χ4v) is 1.90. The van der Waals surface area contributed by atoms with E-state index in [-0.39, 0.29) is 0 Å². The first-order chi connectivity index (χ1) is 7.68. The van der Waals surface area contributed by atoms with E-state index in [2.05, 4.69) is 9.88 Å². The minimum Gasteiger partial charge on any atom is -0.304 e.